The summed E-state index contributed by atoms with van der Waals surface area (Å²) in [5.74, 6) is -0.529. The number of thiazole rings is 1. The van der Waals surface area contributed by atoms with E-state index in [-0.39, 0.29) is 11.7 Å². The van der Waals surface area contributed by atoms with E-state index in [4.69, 9.17) is 11.6 Å². The van der Waals surface area contributed by atoms with Gasteiger partial charge in [-0.25, -0.2) is 4.39 Å². The van der Waals surface area contributed by atoms with Gasteiger partial charge in [-0.05, 0) is 24.1 Å². The topological polar surface area (TPSA) is 57.8 Å². The average Bonchev–Trinajstić information content (AvgIpc) is 3.08. The lowest BCUT2D eigenvalue weighted by Gasteiger charge is -2.03. The van der Waals surface area contributed by atoms with Gasteiger partial charge in [0, 0.05) is 23.2 Å². The molecule has 1 amide bonds. The van der Waals surface area contributed by atoms with E-state index >= 15 is 0 Å². The van der Waals surface area contributed by atoms with Gasteiger partial charge in [0.2, 0.25) is 0 Å². The van der Waals surface area contributed by atoms with Crippen molar-refractivity contribution in [2.45, 2.75) is 6.42 Å². The zero-order valence-electron chi connectivity index (χ0n) is 10.8. The van der Waals surface area contributed by atoms with Gasteiger partial charge in [0.1, 0.15) is 10.7 Å². The lowest BCUT2D eigenvalue weighted by Crippen LogP contribution is -2.24. The van der Waals surface area contributed by atoms with Crippen molar-refractivity contribution in [3.05, 3.63) is 51.3 Å². The Bertz CT molecular complexity index is 785. The first-order valence-corrected chi connectivity index (χ1v) is 7.52. The van der Waals surface area contributed by atoms with E-state index < -0.39 is 0 Å². The fourth-order valence-corrected chi connectivity index (χ4v) is 2.88. The van der Waals surface area contributed by atoms with Crippen LogP contribution >= 0.6 is 22.9 Å². The number of hydrogen-bond acceptors (Lipinski definition) is 3. The van der Waals surface area contributed by atoms with Gasteiger partial charge in [0.15, 0.2) is 0 Å². The minimum atomic E-state index is -0.377. The Labute approximate surface area is 129 Å². The summed E-state index contributed by atoms with van der Waals surface area (Å²) in [6.45, 7) is 0.456. The highest BCUT2D eigenvalue weighted by Crippen LogP contribution is 2.25. The van der Waals surface area contributed by atoms with Crippen molar-refractivity contribution in [2.75, 3.05) is 6.54 Å². The first kappa shape index (κ1) is 14.0. The summed E-state index contributed by atoms with van der Waals surface area (Å²) in [5, 5.41) is 3.91. The molecule has 7 heteroatoms. The standard InChI is InChI=1S/C14H11ClFN3OS/c15-9-3-10-8(5-19-13(10)11(16)4-9)1-2-18-14(20)12-6-17-7-21-12/h3-7,19H,1-2H2,(H,18,20). The molecule has 0 aliphatic rings. The molecule has 0 radical (unpaired) electrons. The van der Waals surface area contributed by atoms with E-state index in [1.54, 1.807) is 17.8 Å². The van der Waals surface area contributed by atoms with Crippen molar-refractivity contribution in [1.29, 1.82) is 0 Å². The fourth-order valence-electron chi connectivity index (χ4n) is 2.14. The monoisotopic (exact) mass is 323 g/mol. The molecule has 0 atom stereocenters. The number of fused-ring (bicyclic) bond motifs is 1. The molecule has 0 aliphatic carbocycles. The molecule has 0 bridgehead atoms. The molecule has 3 rings (SSSR count). The van der Waals surface area contributed by atoms with E-state index in [9.17, 15) is 9.18 Å². The number of H-pyrrole nitrogens is 1. The number of hydrogen-bond donors (Lipinski definition) is 2. The number of carbonyl (C=O) groups is 1. The molecule has 0 spiro atoms. The van der Waals surface area contributed by atoms with Crippen LogP contribution in [0.1, 0.15) is 15.2 Å². The van der Waals surface area contributed by atoms with E-state index in [2.05, 4.69) is 15.3 Å². The van der Waals surface area contributed by atoms with Gasteiger partial charge >= 0.3 is 0 Å². The van der Waals surface area contributed by atoms with Gasteiger partial charge in [-0.3, -0.25) is 9.78 Å². The van der Waals surface area contributed by atoms with Crippen molar-refractivity contribution < 1.29 is 9.18 Å². The minimum absolute atomic E-state index is 0.151. The van der Waals surface area contributed by atoms with Gasteiger partial charge < -0.3 is 10.3 Å². The van der Waals surface area contributed by atoms with Crippen molar-refractivity contribution >= 4 is 39.7 Å². The molecule has 4 nitrogen and oxygen atoms in total. The Morgan fingerprint density at radius 1 is 1.48 bits per heavy atom. The summed E-state index contributed by atoms with van der Waals surface area (Å²) in [4.78, 5) is 19.1. The number of amides is 1. The van der Waals surface area contributed by atoms with Crippen molar-refractivity contribution in [1.82, 2.24) is 15.3 Å². The first-order valence-electron chi connectivity index (χ1n) is 6.27. The number of nitrogens with one attached hydrogen (secondary N) is 2. The molecule has 2 N–H and O–H groups in total. The Balaban J connectivity index is 1.70. The Hall–Kier alpha value is -1.92. The van der Waals surface area contributed by atoms with Gasteiger partial charge in [0.25, 0.3) is 5.91 Å². The van der Waals surface area contributed by atoms with E-state index in [1.165, 1.54) is 23.6 Å². The minimum Gasteiger partial charge on any atom is -0.359 e. The highest BCUT2D eigenvalue weighted by Gasteiger charge is 2.10. The third-order valence-electron chi connectivity index (χ3n) is 3.13. The first-order chi connectivity index (χ1) is 10.1. The summed E-state index contributed by atoms with van der Waals surface area (Å²) in [7, 11) is 0. The molecule has 1 aromatic carbocycles. The number of aromatic nitrogens is 2. The number of aromatic amines is 1. The number of rotatable bonds is 4. The number of benzene rings is 1. The normalized spacial score (nSPS) is 11.0. The largest absolute Gasteiger partial charge is 0.359 e. The van der Waals surface area contributed by atoms with Gasteiger partial charge in [0.05, 0.1) is 17.2 Å². The maximum absolute atomic E-state index is 13.7. The van der Waals surface area contributed by atoms with Crippen LogP contribution in [0.25, 0.3) is 10.9 Å². The van der Waals surface area contributed by atoms with Crippen LogP contribution in [0, 0.1) is 5.82 Å². The maximum atomic E-state index is 13.7. The average molecular weight is 324 g/mol. The fraction of sp³-hybridized carbons (Fsp3) is 0.143. The second-order valence-electron chi connectivity index (χ2n) is 4.50. The van der Waals surface area contributed by atoms with Crippen LogP contribution in [-0.2, 0) is 6.42 Å². The summed E-state index contributed by atoms with van der Waals surface area (Å²) >= 11 is 7.16. The Morgan fingerprint density at radius 2 is 2.33 bits per heavy atom. The van der Waals surface area contributed by atoms with Crippen LogP contribution in [0.2, 0.25) is 5.02 Å². The third kappa shape index (κ3) is 2.91. The molecule has 2 aromatic heterocycles. The van der Waals surface area contributed by atoms with Gasteiger partial charge in [-0.15, -0.1) is 11.3 Å². The molecule has 3 aromatic rings. The molecular formula is C14H11ClFN3OS. The number of carbonyl (C=O) groups excluding carboxylic acids is 1. The van der Waals surface area contributed by atoms with Crippen LogP contribution in [0.15, 0.2) is 30.0 Å². The second kappa shape index (κ2) is 5.83. The van der Waals surface area contributed by atoms with Crippen LogP contribution in [0.5, 0.6) is 0 Å². The molecule has 0 fully saturated rings. The van der Waals surface area contributed by atoms with Crippen LogP contribution < -0.4 is 5.32 Å². The van der Waals surface area contributed by atoms with Gasteiger partial charge in [-0.2, -0.15) is 0 Å². The highest BCUT2D eigenvalue weighted by molar-refractivity contribution is 7.11. The van der Waals surface area contributed by atoms with E-state index in [0.717, 1.165) is 10.9 Å². The molecule has 108 valence electrons. The second-order valence-corrected chi connectivity index (χ2v) is 5.82. The number of halogens is 2. The number of nitrogens with zero attached hydrogens (tertiary/aromatic N) is 1. The van der Waals surface area contributed by atoms with Crippen molar-refractivity contribution in [3.63, 3.8) is 0 Å². The quantitative estimate of drug-likeness (QED) is 0.773. The Morgan fingerprint density at radius 3 is 3.10 bits per heavy atom. The van der Waals surface area contributed by atoms with Crippen LogP contribution in [0.4, 0.5) is 4.39 Å². The highest BCUT2D eigenvalue weighted by atomic mass is 35.5. The molecule has 0 saturated heterocycles. The SMILES string of the molecule is O=C(NCCc1c[nH]c2c(F)cc(Cl)cc12)c1cncs1. The molecular weight excluding hydrogens is 313 g/mol. The molecule has 21 heavy (non-hydrogen) atoms. The maximum Gasteiger partial charge on any atom is 0.263 e. The molecule has 0 unspecified atom stereocenters. The molecule has 0 saturated carbocycles. The summed E-state index contributed by atoms with van der Waals surface area (Å²) < 4.78 is 13.7. The Kier molecular flexibility index (Phi) is 3.90. The zero-order valence-corrected chi connectivity index (χ0v) is 12.4. The molecule has 2 heterocycles. The zero-order chi connectivity index (χ0) is 14.8. The van der Waals surface area contributed by atoms with Crippen LogP contribution in [0.3, 0.4) is 0 Å². The summed E-state index contributed by atoms with van der Waals surface area (Å²) in [5.41, 5.74) is 2.96. The predicted molar refractivity (Wildman–Crippen MR) is 81.4 cm³/mol. The summed E-state index contributed by atoms with van der Waals surface area (Å²) in [6.07, 6.45) is 3.86. The van der Waals surface area contributed by atoms with E-state index in [1.807, 2.05) is 0 Å². The third-order valence-corrected chi connectivity index (χ3v) is 4.12. The molecule has 0 aliphatic heterocycles. The van der Waals surface area contributed by atoms with Crippen molar-refractivity contribution in [3.8, 4) is 0 Å². The smallest absolute Gasteiger partial charge is 0.263 e. The lowest BCUT2D eigenvalue weighted by molar-refractivity contribution is 0.0958. The van der Waals surface area contributed by atoms with E-state index in [0.29, 0.717) is 28.4 Å². The van der Waals surface area contributed by atoms with Crippen LogP contribution in [-0.4, -0.2) is 22.4 Å². The predicted octanol–water partition coefficient (Wildman–Crippen LogP) is 3.39. The van der Waals surface area contributed by atoms with Crippen molar-refractivity contribution in [2.24, 2.45) is 0 Å². The van der Waals surface area contributed by atoms with Gasteiger partial charge in [-0.1, -0.05) is 11.6 Å². The lowest BCUT2D eigenvalue weighted by atomic mass is 10.1. The summed E-state index contributed by atoms with van der Waals surface area (Å²) in [6, 6.07) is 2.99.